The topological polar surface area (TPSA) is 73.2 Å². The van der Waals surface area contributed by atoms with Gasteiger partial charge in [-0.15, -0.1) is 0 Å². The maximum Gasteiger partial charge on any atom is 0.271 e. The number of hydrogen-bond acceptors (Lipinski definition) is 4. The molecule has 1 aliphatic heterocycles. The smallest absolute Gasteiger partial charge is 0.271 e. The standard InChI is InChI=1S/C16H17N3O3/c20-15-9-8-14(16(21)17-11-13-7-4-10-22-13)18-19(15)12-5-2-1-3-6-12/h1-3,5-6,8-9,13H,4,7,10-11H2,(H,17,21)/t13-/m0/s1. The fourth-order valence-corrected chi connectivity index (χ4v) is 2.39. The third-order valence-electron chi connectivity index (χ3n) is 3.55. The highest BCUT2D eigenvalue weighted by atomic mass is 16.5. The van der Waals surface area contributed by atoms with Crippen LogP contribution in [0.15, 0.2) is 47.3 Å². The fraction of sp³-hybridized carbons (Fsp3) is 0.312. The number of nitrogens with one attached hydrogen (secondary N) is 1. The van der Waals surface area contributed by atoms with E-state index in [9.17, 15) is 9.59 Å². The first kappa shape index (κ1) is 14.5. The van der Waals surface area contributed by atoms with Crippen LogP contribution in [0.25, 0.3) is 5.69 Å². The van der Waals surface area contributed by atoms with E-state index in [1.807, 2.05) is 18.2 Å². The van der Waals surface area contributed by atoms with E-state index in [4.69, 9.17) is 4.74 Å². The molecule has 6 heteroatoms. The monoisotopic (exact) mass is 299 g/mol. The largest absolute Gasteiger partial charge is 0.376 e. The van der Waals surface area contributed by atoms with E-state index in [-0.39, 0.29) is 23.3 Å². The van der Waals surface area contributed by atoms with Crippen molar-refractivity contribution in [1.82, 2.24) is 15.1 Å². The van der Waals surface area contributed by atoms with Crippen LogP contribution in [0.4, 0.5) is 0 Å². The summed E-state index contributed by atoms with van der Waals surface area (Å²) in [6.45, 7) is 1.21. The molecule has 2 heterocycles. The van der Waals surface area contributed by atoms with Crippen LogP contribution < -0.4 is 10.9 Å². The lowest BCUT2D eigenvalue weighted by Gasteiger charge is -2.11. The van der Waals surface area contributed by atoms with Crippen LogP contribution in [0.5, 0.6) is 0 Å². The Morgan fingerprint density at radius 2 is 2.09 bits per heavy atom. The average molecular weight is 299 g/mol. The number of rotatable bonds is 4. The molecule has 0 unspecified atom stereocenters. The van der Waals surface area contributed by atoms with Crippen LogP contribution in [-0.2, 0) is 4.74 Å². The Bertz CT molecular complexity index is 706. The van der Waals surface area contributed by atoms with E-state index in [1.165, 1.54) is 16.8 Å². The lowest BCUT2D eigenvalue weighted by atomic mass is 10.2. The molecule has 1 saturated heterocycles. The second-order valence-electron chi connectivity index (χ2n) is 5.15. The molecule has 3 rings (SSSR count). The minimum absolute atomic E-state index is 0.0731. The first-order valence-electron chi connectivity index (χ1n) is 7.29. The second kappa shape index (κ2) is 6.53. The van der Waals surface area contributed by atoms with Crippen molar-refractivity contribution in [2.75, 3.05) is 13.2 Å². The van der Waals surface area contributed by atoms with Crippen LogP contribution in [0.1, 0.15) is 23.3 Å². The van der Waals surface area contributed by atoms with E-state index in [1.54, 1.807) is 12.1 Å². The van der Waals surface area contributed by atoms with Crippen molar-refractivity contribution in [2.24, 2.45) is 0 Å². The van der Waals surface area contributed by atoms with Crippen molar-refractivity contribution in [3.05, 3.63) is 58.5 Å². The second-order valence-corrected chi connectivity index (χ2v) is 5.15. The fourth-order valence-electron chi connectivity index (χ4n) is 2.39. The highest BCUT2D eigenvalue weighted by Gasteiger charge is 2.17. The number of amides is 1. The Morgan fingerprint density at radius 1 is 1.27 bits per heavy atom. The van der Waals surface area contributed by atoms with Gasteiger partial charge in [-0.25, -0.2) is 0 Å². The zero-order valence-corrected chi connectivity index (χ0v) is 12.1. The number of para-hydroxylation sites is 1. The molecule has 1 amide bonds. The molecule has 2 aromatic rings. The number of hydrogen-bond donors (Lipinski definition) is 1. The van der Waals surface area contributed by atoms with Gasteiger partial charge in [0, 0.05) is 19.2 Å². The van der Waals surface area contributed by atoms with Crippen LogP contribution in [0.3, 0.4) is 0 Å². The van der Waals surface area contributed by atoms with Gasteiger partial charge in [0.15, 0.2) is 0 Å². The Labute approximate surface area is 127 Å². The van der Waals surface area contributed by atoms with Gasteiger partial charge >= 0.3 is 0 Å². The van der Waals surface area contributed by atoms with Crippen LogP contribution in [0, 0.1) is 0 Å². The van der Waals surface area contributed by atoms with Crippen LogP contribution >= 0.6 is 0 Å². The normalized spacial score (nSPS) is 17.4. The van der Waals surface area contributed by atoms with Gasteiger partial charge in [-0.2, -0.15) is 9.78 Å². The minimum atomic E-state index is -0.305. The SMILES string of the molecule is O=C(NC[C@@H]1CCCO1)c1ccc(=O)n(-c2ccccc2)n1. The summed E-state index contributed by atoms with van der Waals surface area (Å²) in [6.07, 6.45) is 2.05. The molecule has 1 N–H and O–H groups in total. The molecule has 0 aliphatic carbocycles. The maximum atomic E-state index is 12.2. The van der Waals surface area contributed by atoms with Gasteiger partial charge in [0.25, 0.3) is 11.5 Å². The number of nitrogens with zero attached hydrogens (tertiary/aromatic N) is 2. The van der Waals surface area contributed by atoms with E-state index in [0.29, 0.717) is 12.2 Å². The lowest BCUT2D eigenvalue weighted by molar-refractivity contribution is 0.0852. The molecule has 22 heavy (non-hydrogen) atoms. The molecular weight excluding hydrogens is 282 g/mol. The lowest BCUT2D eigenvalue weighted by Crippen LogP contribution is -2.34. The summed E-state index contributed by atoms with van der Waals surface area (Å²) in [5, 5.41) is 6.94. The summed E-state index contributed by atoms with van der Waals surface area (Å²) in [6, 6.07) is 11.8. The average Bonchev–Trinajstić information content (AvgIpc) is 3.07. The van der Waals surface area contributed by atoms with E-state index >= 15 is 0 Å². The number of carbonyl (C=O) groups is 1. The molecule has 1 aromatic heterocycles. The first-order valence-corrected chi connectivity index (χ1v) is 7.29. The summed E-state index contributed by atoms with van der Waals surface area (Å²) in [5.74, 6) is -0.305. The minimum Gasteiger partial charge on any atom is -0.376 e. The number of carbonyl (C=O) groups excluding carboxylic acids is 1. The molecule has 1 atom stereocenters. The predicted molar refractivity (Wildman–Crippen MR) is 81.1 cm³/mol. The van der Waals surface area contributed by atoms with Crippen LogP contribution in [0.2, 0.25) is 0 Å². The summed E-state index contributed by atoms with van der Waals surface area (Å²) in [4.78, 5) is 24.1. The molecular formula is C16H17N3O3. The van der Waals surface area contributed by atoms with Crippen LogP contribution in [-0.4, -0.2) is 34.9 Å². The van der Waals surface area contributed by atoms with E-state index < -0.39 is 0 Å². The Hall–Kier alpha value is -2.47. The summed E-state index contributed by atoms with van der Waals surface area (Å²) >= 11 is 0. The molecule has 1 aliphatic rings. The van der Waals surface area contributed by atoms with Crippen molar-refractivity contribution in [3.8, 4) is 5.69 Å². The highest BCUT2D eigenvalue weighted by molar-refractivity contribution is 5.92. The quantitative estimate of drug-likeness (QED) is 0.919. The van der Waals surface area contributed by atoms with Crippen molar-refractivity contribution in [3.63, 3.8) is 0 Å². The van der Waals surface area contributed by atoms with Gasteiger partial charge in [-0.3, -0.25) is 9.59 Å². The zero-order chi connectivity index (χ0) is 15.4. The molecule has 0 radical (unpaired) electrons. The maximum absolute atomic E-state index is 12.2. The van der Waals surface area contributed by atoms with Gasteiger partial charge in [0.05, 0.1) is 11.8 Å². The van der Waals surface area contributed by atoms with Gasteiger partial charge in [-0.05, 0) is 31.0 Å². The van der Waals surface area contributed by atoms with E-state index in [2.05, 4.69) is 10.4 Å². The zero-order valence-electron chi connectivity index (χ0n) is 12.1. The molecule has 0 saturated carbocycles. The third-order valence-corrected chi connectivity index (χ3v) is 3.55. The summed E-state index contributed by atoms with van der Waals surface area (Å²) < 4.78 is 6.68. The Kier molecular flexibility index (Phi) is 4.29. The predicted octanol–water partition coefficient (Wildman–Crippen LogP) is 1.14. The third kappa shape index (κ3) is 3.23. The molecule has 6 nitrogen and oxygen atoms in total. The van der Waals surface area contributed by atoms with Gasteiger partial charge in [-0.1, -0.05) is 18.2 Å². The Balaban J connectivity index is 1.76. The van der Waals surface area contributed by atoms with Gasteiger partial charge < -0.3 is 10.1 Å². The number of benzene rings is 1. The van der Waals surface area contributed by atoms with Gasteiger partial charge in [0.1, 0.15) is 5.69 Å². The summed E-state index contributed by atoms with van der Waals surface area (Å²) in [7, 11) is 0. The molecule has 1 fully saturated rings. The van der Waals surface area contributed by atoms with Crippen molar-refractivity contribution in [1.29, 1.82) is 0 Å². The number of aromatic nitrogens is 2. The number of ether oxygens (including phenoxy) is 1. The summed E-state index contributed by atoms with van der Waals surface area (Å²) in [5.41, 5.74) is 0.560. The van der Waals surface area contributed by atoms with E-state index in [0.717, 1.165) is 19.4 Å². The van der Waals surface area contributed by atoms with Crippen molar-refractivity contribution in [2.45, 2.75) is 18.9 Å². The van der Waals surface area contributed by atoms with Crippen molar-refractivity contribution < 1.29 is 9.53 Å². The first-order chi connectivity index (χ1) is 10.7. The molecule has 0 bridgehead atoms. The molecule has 0 spiro atoms. The van der Waals surface area contributed by atoms with Gasteiger partial charge in [0.2, 0.25) is 0 Å². The molecule has 114 valence electrons. The highest BCUT2D eigenvalue weighted by Crippen LogP contribution is 2.10. The van der Waals surface area contributed by atoms with Crippen molar-refractivity contribution >= 4 is 5.91 Å². The Morgan fingerprint density at radius 3 is 2.82 bits per heavy atom. The molecule has 1 aromatic carbocycles.